The van der Waals surface area contributed by atoms with Gasteiger partial charge in [0.05, 0.1) is 0 Å². The van der Waals surface area contributed by atoms with Gasteiger partial charge in [-0.2, -0.15) is 8.78 Å². The van der Waals surface area contributed by atoms with Gasteiger partial charge in [0.25, 0.3) is 0 Å². The van der Waals surface area contributed by atoms with Crippen molar-refractivity contribution < 1.29 is 13.5 Å². The lowest BCUT2D eigenvalue weighted by atomic mass is 9.76. The smallest absolute Gasteiger partial charge is 0.387 e. The number of piperidine rings is 1. The summed E-state index contributed by atoms with van der Waals surface area (Å²) in [7, 11) is 0. The first-order valence-corrected chi connectivity index (χ1v) is 6.82. The highest BCUT2D eigenvalue weighted by molar-refractivity contribution is 5.27. The van der Waals surface area contributed by atoms with Crippen molar-refractivity contribution in [2.45, 2.75) is 39.2 Å². The molecule has 0 bridgehead atoms. The summed E-state index contributed by atoms with van der Waals surface area (Å²) in [4.78, 5) is 0. The highest BCUT2D eigenvalue weighted by atomic mass is 19.3. The molecule has 0 aliphatic carbocycles. The van der Waals surface area contributed by atoms with Gasteiger partial charge in [0.1, 0.15) is 5.75 Å². The fourth-order valence-electron chi connectivity index (χ4n) is 2.56. The van der Waals surface area contributed by atoms with Gasteiger partial charge in [0, 0.05) is 0 Å². The van der Waals surface area contributed by atoms with Crippen LogP contribution in [0, 0.1) is 5.41 Å². The van der Waals surface area contributed by atoms with Crippen molar-refractivity contribution in [1.82, 2.24) is 5.32 Å². The Balaban J connectivity index is 1.85. The first kappa shape index (κ1) is 14.3. The second-order valence-electron chi connectivity index (χ2n) is 5.58. The molecule has 1 fully saturated rings. The van der Waals surface area contributed by atoms with Crippen LogP contribution in [0.4, 0.5) is 8.78 Å². The average Bonchev–Trinajstić information content (AvgIpc) is 2.38. The van der Waals surface area contributed by atoms with E-state index in [0.29, 0.717) is 5.41 Å². The maximum Gasteiger partial charge on any atom is 0.387 e. The lowest BCUT2D eigenvalue weighted by molar-refractivity contribution is -0.0498. The van der Waals surface area contributed by atoms with Crippen LogP contribution in [0.3, 0.4) is 0 Å². The fraction of sp³-hybridized carbons (Fsp3) is 0.600. The third kappa shape index (κ3) is 4.46. The van der Waals surface area contributed by atoms with E-state index in [-0.39, 0.29) is 5.75 Å². The number of nitrogens with one attached hydrogen (secondary N) is 1. The Bertz CT molecular complexity index is 386. The molecule has 106 valence electrons. The predicted octanol–water partition coefficient (Wildman–Crippen LogP) is 3.61. The van der Waals surface area contributed by atoms with Crippen molar-refractivity contribution in [3.8, 4) is 5.75 Å². The summed E-state index contributed by atoms with van der Waals surface area (Å²) in [6, 6.07) is 6.99. The van der Waals surface area contributed by atoms with Crippen molar-refractivity contribution in [2.75, 3.05) is 13.1 Å². The highest BCUT2D eigenvalue weighted by Crippen LogP contribution is 2.33. The van der Waals surface area contributed by atoms with Gasteiger partial charge in [0.2, 0.25) is 0 Å². The number of halogens is 2. The first-order chi connectivity index (χ1) is 9.07. The Kier molecular flexibility index (Phi) is 4.75. The number of alkyl halides is 2. The molecule has 0 aromatic heterocycles. The Hall–Kier alpha value is -1.16. The number of hydrogen-bond acceptors (Lipinski definition) is 2. The van der Waals surface area contributed by atoms with Crippen molar-refractivity contribution >= 4 is 0 Å². The molecule has 0 saturated carbocycles. The molecule has 2 nitrogen and oxygen atoms in total. The number of hydrogen-bond donors (Lipinski definition) is 1. The van der Waals surface area contributed by atoms with Crippen molar-refractivity contribution in [2.24, 2.45) is 5.41 Å². The van der Waals surface area contributed by atoms with Crippen LogP contribution in [-0.4, -0.2) is 19.7 Å². The summed E-state index contributed by atoms with van der Waals surface area (Å²) in [5.74, 6) is 0.229. The molecule has 0 spiro atoms. The van der Waals surface area contributed by atoms with Crippen LogP contribution in [0.2, 0.25) is 0 Å². The van der Waals surface area contributed by atoms with Gasteiger partial charge >= 0.3 is 6.61 Å². The number of benzene rings is 1. The lowest BCUT2D eigenvalue weighted by Crippen LogP contribution is -2.34. The molecule has 1 aromatic carbocycles. The molecule has 1 aromatic rings. The maximum absolute atomic E-state index is 12.0. The van der Waals surface area contributed by atoms with Crippen LogP contribution in [0.5, 0.6) is 5.75 Å². The van der Waals surface area contributed by atoms with Gasteiger partial charge in [-0.3, -0.25) is 0 Å². The zero-order chi connectivity index (χ0) is 13.7. The summed E-state index contributed by atoms with van der Waals surface area (Å²) in [5.41, 5.74) is 1.59. The van der Waals surface area contributed by atoms with Gasteiger partial charge in [-0.25, -0.2) is 0 Å². The topological polar surface area (TPSA) is 21.3 Å². The largest absolute Gasteiger partial charge is 0.435 e. The van der Waals surface area contributed by atoms with E-state index in [4.69, 9.17) is 0 Å². The van der Waals surface area contributed by atoms with Crippen molar-refractivity contribution in [3.05, 3.63) is 29.8 Å². The number of rotatable bonds is 5. The molecule has 1 saturated heterocycles. The van der Waals surface area contributed by atoms with Crippen LogP contribution < -0.4 is 10.1 Å². The standard InChI is InChI=1S/C15H21F2NO/c1-15(8-10-18-11-9-15)7-6-12-2-4-13(5-3-12)19-14(16)17/h2-5,14,18H,6-11H2,1H3. The zero-order valence-corrected chi connectivity index (χ0v) is 11.3. The van der Waals surface area contributed by atoms with Crippen LogP contribution in [-0.2, 0) is 6.42 Å². The Morgan fingerprint density at radius 3 is 2.42 bits per heavy atom. The monoisotopic (exact) mass is 269 g/mol. The molecule has 0 unspecified atom stereocenters. The molecular weight excluding hydrogens is 248 g/mol. The van der Waals surface area contributed by atoms with Gasteiger partial charge in [-0.1, -0.05) is 19.1 Å². The predicted molar refractivity (Wildman–Crippen MR) is 71.6 cm³/mol. The van der Waals surface area contributed by atoms with Gasteiger partial charge in [-0.15, -0.1) is 0 Å². The van der Waals surface area contributed by atoms with Crippen LogP contribution in [0.25, 0.3) is 0 Å². The van der Waals surface area contributed by atoms with E-state index in [2.05, 4.69) is 17.0 Å². The second-order valence-corrected chi connectivity index (χ2v) is 5.58. The zero-order valence-electron chi connectivity index (χ0n) is 11.3. The molecule has 1 heterocycles. The van der Waals surface area contributed by atoms with E-state index < -0.39 is 6.61 Å². The fourth-order valence-corrected chi connectivity index (χ4v) is 2.56. The average molecular weight is 269 g/mol. The molecule has 0 amide bonds. The Labute approximate surface area is 113 Å². The molecule has 19 heavy (non-hydrogen) atoms. The molecule has 1 aliphatic rings. The van der Waals surface area contributed by atoms with Gasteiger partial charge in [-0.05, 0) is 61.9 Å². The normalized spacial score (nSPS) is 18.5. The molecule has 2 rings (SSSR count). The SMILES string of the molecule is CC1(CCc2ccc(OC(F)F)cc2)CCNCC1. The van der Waals surface area contributed by atoms with E-state index in [1.165, 1.54) is 18.4 Å². The van der Waals surface area contributed by atoms with Crippen LogP contribution >= 0.6 is 0 Å². The summed E-state index contributed by atoms with van der Waals surface area (Å²) in [5, 5.41) is 3.38. The van der Waals surface area contributed by atoms with Crippen LogP contribution in [0.1, 0.15) is 31.7 Å². The number of ether oxygens (including phenoxy) is 1. The molecule has 0 radical (unpaired) electrons. The Morgan fingerprint density at radius 2 is 1.84 bits per heavy atom. The minimum absolute atomic E-state index is 0.229. The summed E-state index contributed by atoms with van der Waals surface area (Å²) >= 11 is 0. The van der Waals surface area contributed by atoms with E-state index in [1.807, 2.05) is 12.1 Å². The first-order valence-electron chi connectivity index (χ1n) is 6.82. The second kappa shape index (κ2) is 6.33. The third-order valence-electron chi connectivity index (χ3n) is 3.98. The summed E-state index contributed by atoms with van der Waals surface area (Å²) < 4.78 is 28.4. The van der Waals surface area contributed by atoms with Gasteiger partial charge in [0.15, 0.2) is 0 Å². The molecular formula is C15H21F2NO. The number of aryl methyl sites for hydroxylation is 1. The minimum atomic E-state index is -2.75. The van der Waals surface area contributed by atoms with E-state index in [1.54, 1.807) is 12.1 Å². The third-order valence-corrected chi connectivity index (χ3v) is 3.98. The summed E-state index contributed by atoms with van der Waals surface area (Å²) in [6.07, 6.45) is 4.55. The molecule has 4 heteroatoms. The quantitative estimate of drug-likeness (QED) is 0.881. The Morgan fingerprint density at radius 1 is 1.21 bits per heavy atom. The minimum Gasteiger partial charge on any atom is -0.435 e. The van der Waals surface area contributed by atoms with Gasteiger partial charge < -0.3 is 10.1 Å². The highest BCUT2D eigenvalue weighted by Gasteiger charge is 2.25. The van der Waals surface area contributed by atoms with E-state index in [0.717, 1.165) is 25.9 Å². The molecule has 1 aliphatic heterocycles. The lowest BCUT2D eigenvalue weighted by Gasteiger charge is -2.34. The molecule has 1 N–H and O–H groups in total. The van der Waals surface area contributed by atoms with E-state index >= 15 is 0 Å². The van der Waals surface area contributed by atoms with E-state index in [9.17, 15) is 8.78 Å². The van der Waals surface area contributed by atoms with Crippen molar-refractivity contribution in [1.29, 1.82) is 0 Å². The van der Waals surface area contributed by atoms with Crippen LogP contribution in [0.15, 0.2) is 24.3 Å². The molecule has 0 atom stereocenters. The van der Waals surface area contributed by atoms with Crippen molar-refractivity contribution in [3.63, 3.8) is 0 Å². The summed E-state index contributed by atoms with van der Waals surface area (Å²) in [6.45, 7) is 1.77. The maximum atomic E-state index is 12.0.